The number of aliphatic hydroxyl groups is 6. The van der Waals surface area contributed by atoms with Crippen molar-refractivity contribution in [3.63, 3.8) is 0 Å². The monoisotopic (exact) mass is 335 g/mol. The second kappa shape index (κ2) is 8.62. The Bertz CT molecular complexity index is 422. The first kappa shape index (κ1) is 19.9. The molecule has 0 saturated carbocycles. The third-order valence-electron chi connectivity index (χ3n) is 3.95. The number of hydrogen-bond acceptors (Lipinski definition) is 9. The molecular formula is C13H25N3O7. The highest BCUT2D eigenvalue weighted by atomic mass is 16.3. The summed E-state index contributed by atoms with van der Waals surface area (Å²) in [6, 6.07) is -3.46. The van der Waals surface area contributed by atoms with E-state index in [2.05, 4.69) is 10.2 Å². The van der Waals surface area contributed by atoms with E-state index in [1.807, 2.05) is 0 Å². The molecule has 0 spiro atoms. The van der Waals surface area contributed by atoms with Crippen molar-refractivity contribution < 1.29 is 35.4 Å². The molecule has 1 aliphatic heterocycles. The Kier molecular flexibility index (Phi) is 7.45. The van der Waals surface area contributed by atoms with Gasteiger partial charge in [0.1, 0.15) is 12.1 Å². The van der Waals surface area contributed by atoms with Crippen molar-refractivity contribution in [2.75, 3.05) is 26.4 Å². The zero-order chi connectivity index (χ0) is 17.6. The first-order chi connectivity index (χ1) is 10.9. The summed E-state index contributed by atoms with van der Waals surface area (Å²) in [4.78, 5) is 13.5. The summed E-state index contributed by atoms with van der Waals surface area (Å²) >= 11 is 0. The predicted molar refractivity (Wildman–Crippen MR) is 77.3 cm³/mol. The highest BCUT2D eigenvalue weighted by molar-refractivity contribution is 5.82. The number of rotatable bonds is 8. The SMILES string of the molecule is CC1N=NC(O)(CCO)C(CO)N(C(CO)C(O)CCO)C1=O. The smallest absolute Gasteiger partial charge is 0.249 e. The first-order valence-electron chi connectivity index (χ1n) is 7.44. The Morgan fingerprint density at radius 3 is 2.39 bits per heavy atom. The summed E-state index contributed by atoms with van der Waals surface area (Å²) in [6.45, 7) is -0.771. The summed E-state index contributed by atoms with van der Waals surface area (Å²) in [5.41, 5.74) is -2.05. The van der Waals surface area contributed by atoms with Gasteiger partial charge in [0.15, 0.2) is 0 Å². The summed E-state index contributed by atoms with van der Waals surface area (Å²) < 4.78 is 0. The molecule has 0 aliphatic carbocycles. The van der Waals surface area contributed by atoms with Crippen LogP contribution in [0.5, 0.6) is 0 Å². The molecule has 0 bridgehead atoms. The molecule has 5 atom stereocenters. The van der Waals surface area contributed by atoms with Crippen LogP contribution in [0.15, 0.2) is 10.2 Å². The molecule has 0 aromatic heterocycles. The minimum atomic E-state index is -2.05. The van der Waals surface area contributed by atoms with Crippen molar-refractivity contribution in [3.8, 4) is 0 Å². The topological polar surface area (TPSA) is 166 Å². The molecule has 1 amide bonds. The van der Waals surface area contributed by atoms with Crippen LogP contribution in [0.3, 0.4) is 0 Å². The zero-order valence-corrected chi connectivity index (χ0v) is 13.0. The van der Waals surface area contributed by atoms with E-state index in [1.54, 1.807) is 0 Å². The van der Waals surface area contributed by atoms with Crippen molar-refractivity contribution in [2.24, 2.45) is 10.2 Å². The lowest BCUT2D eigenvalue weighted by Crippen LogP contribution is -2.63. The fraction of sp³-hybridized carbons (Fsp3) is 0.923. The number of nitrogens with zero attached hydrogens (tertiary/aromatic N) is 3. The summed E-state index contributed by atoms with van der Waals surface area (Å²) in [6.07, 6.45) is -1.66. The van der Waals surface area contributed by atoms with Crippen LogP contribution in [-0.2, 0) is 4.79 Å². The highest BCUT2D eigenvalue weighted by Gasteiger charge is 2.48. The van der Waals surface area contributed by atoms with Gasteiger partial charge in [-0.25, -0.2) is 0 Å². The Morgan fingerprint density at radius 2 is 1.91 bits per heavy atom. The van der Waals surface area contributed by atoms with Gasteiger partial charge in [-0.05, 0) is 13.3 Å². The molecule has 5 unspecified atom stereocenters. The van der Waals surface area contributed by atoms with Crippen molar-refractivity contribution in [3.05, 3.63) is 0 Å². The molecule has 134 valence electrons. The molecule has 6 N–H and O–H groups in total. The van der Waals surface area contributed by atoms with E-state index in [1.165, 1.54) is 6.92 Å². The Labute approximate surface area is 133 Å². The van der Waals surface area contributed by atoms with Crippen LogP contribution in [0.2, 0.25) is 0 Å². The van der Waals surface area contributed by atoms with Crippen molar-refractivity contribution in [1.82, 2.24) is 4.90 Å². The van der Waals surface area contributed by atoms with E-state index in [0.29, 0.717) is 0 Å². The molecule has 0 aromatic carbocycles. The molecule has 0 fully saturated rings. The second-order valence-electron chi connectivity index (χ2n) is 5.52. The molecule has 1 rings (SSSR count). The molecular weight excluding hydrogens is 310 g/mol. The van der Waals surface area contributed by atoms with Crippen molar-refractivity contribution in [1.29, 1.82) is 0 Å². The lowest BCUT2D eigenvalue weighted by molar-refractivity contribution is -0.155. The molecule has 10 heteroatoms. The van der Waals surface area contributed by atoms with E-state index in [-0.39, 0.29) is 19.4 Å². The molecule has 0 saturated heterocycles. The van der Waals surface area contributed by atoms with Gasteiger partial charge in [0.25, 0.3) is 0 Å². The number of carbonyl (C=O) groups is 1. The van der Waals surface area contributed by atoms with E-state index in [0.717, 1.165) is 4.90 Å². The predicted octanol–water partition coefficient (Wildman–Crippen LogP) is -2.79. The maximum Gasteiger partial charge on any atom is 0.249 e. The number of amides is 1. The number of aliphatic hydroxyl groups excluding tert-OH is 5. The fourth-order valence-electron chi connectivity index (χ4n) is 2.62. The third kappa shape index (κ3) is 4.22. The van der Waals surface area contributed by atoms with Crippen LogP contribution in [0.1, 0.15) is 19.8 Å². The van der Waals surface area contributed by atoms with Crippen LogP contribution >= 0.6 is 0 Å². The highest BCUT2D eigenvalue weighted by Crippen LogP contribution is 2.29. The largest absolute Gasteiger partial charge is 0.396 e. The van der Waals surface area contributed by atoms with E-state index < -0.39 is 55.7 Å². The minimum absolute atomic E-state index is 0.103. The standard InChI is InChI=1S/C13H25N3O7/c1-8-12(22)16(9(6-19)10(21)2-4-17)11(7-20)13(23,3-5-18)15-14-8/h8-11,17-21,23H,2-7H2,1H3. The van der Waals surface area contributed by atoms with Gasteiger partial charge in [0, 0.05) is 19.6 Å². The first-order valence-corrected chi connectivity index (χ1v) is 7.44. The zero-order valence-electron chi connectivity index (χ0n) is 13.0. The van der Waals surface area contributed by atoms with Crippen molar-refractivity contribution >= 4 is 5.91 Å². The van der Waals surface area contributed by atoms with Crippen LogP contribution in [0, 0.1) is 0 Å². The van der Waals surface area contributed by atoms with E-state index in [4.69, 9.17) is 10.2 Å². The maximum atomic E-state index is 12.5. The average molecular weight is 335 g/mol. The quantitative estimate of drug-likeness (QED) is 0.279. The molecule has 1 aliphatic rings. The Morgan fingerprint density at radius 1 is 1.26 bits per heavy atom. The Hall–Kier alpha value is -1.17. The summed E-state index contributed by atoms with van der Waals surface area (Å²) in [5, 5.41) is 65.4. The second-order valence-corrected chi connectivity index (χ2v) is 5.52. The molecule has 23 heavy (non-hydrogen) atoms. The number of hydrogen-bond donors (Lipinski definition) is 6. The maximum absolute atomic E-state index is 12.5. The van der Waals surface area contributed by atoms with Gasteiger partial charge in [0.05, 0.1) is 25.4 Å². The van der Waals surface area contributed by atoms with Crippen LogP contribution in [-0.4, -0.2) is 97.8 Å². The van der Waals surface area contributed by atoms with Crippen molar-refractivity contribution in [2.45, 2.75) is 49.7 Å². The molecule has 1 heterocycles. The Balaban J connectivity index is 3.29. The van der Waals surface area contributed by atoms with Crippen LogP contribution in [0.4, 0.5) is 0 Å². The van der Waals surface area contributed by atoms with E-state index in [9.17, 15) is 25.2 Å². The number of carbonyl (C=O) groups excluding carboxylic acids is 1. The van der Waals surface area contributed by atoms with Crippen LogP contribution < -0.4 is 0 Å². The van der Waals surface area contributed by atoms with Gasteiger partial charge in [-0.3, -0.25) is 4.79 Å². The number of azo groups is 1. The minimum Gasteiger partial charge on any atom is -0.396 e. The van der Waals surface area contributed by atoms with Gasteiger partial charge in [-0.2, -0.15) is 10.2 Å². The van der Waals surface area contributed by atoms with Gasteiger partial charge >= 0.3 is 0 Å². The summed E-state index contributed by atoms with van der Waals surface area (Å²) in [7, 11) is 0. The van der Waals surface area contributed by atoms with E-state index >= 15 is 0 Å². The van der Waals surface area contributed by atoms with Crippen LogP contribution in [0.25, 0.3) is 0 Å². The average Bonchev–Trinajstić information content (AvgIpc) is 2.60. The lowest BCUT2D eigenvalue weighted by atomic mass is 9.95. The fourth-order valence-corrected chi connectivity index (χ4v) is 2.62. The van der Waals surface area contributed by atoms with Gasteiger partial charge in [-0.1, -0.05) is 0 Å². The van der Waals surface area contributed by atoms with Gasteiger partial charge in [0.2, 0.25) is 11.6 Å². The molecule has 10 nitrogen and oxygen atoms in total. The van der Waals surface area contributed by atoms with Gasteiger partial charge in [-0.15, -0.1) is 0 Å². The molecule has 0 radical (unpaired) electrons. The summed E-state index contributed by atoms with van der Waals surface area (Å²) in [5.74, 6) is -0.641. The lowest BCUT2D eigenvalue weighted by Gasteiger charge is -2.42. The molecule has 0 aromatic rings. The normalized spacial score (nSPS) is 31.1. The van der Waals surface area contributed by atoms with Gasteiger partial charge < -0.3 is 35.5 Å². The third-order valence-corrected chi connectivity index (χ3v) is 3.95.